The molecule has 0 aliphatic rings. The van der Waals surface area contributed by atoms with Crippen LogP contribution < -0.4 is 5.32 Å². The van der Waals surface area contributed by atoms with Gasteiger partial charge in [-0.25, -0.2) is 4.39 Å². The molecule has 0 heterocycles. The monoisotopic (exact) mass is 335 g/mol. The molecule has 0 fully saturated rings. The van der Waals surface area contributed by atoms with Crippen molar-refractivity contribution in [3.63, 3.8) is 0 Å². The summed E-state index contributed by atoms with van der Waals surface area (Å²) in [5.41, 5.74) is 0.0893. The quantitative estimate of drug-likeness (QED) is 0.804. The van der Waals surface area contributed by atoms with Crippen LogP contribution in [0.15, 0.2) is 18.2 Å². The van der Waals surface area contributed by atoms with Gasteiger partial charge in [0.25, 0.3) is 5.91 Å². The molecular weight excluding hydrogens is 321 g/mol. The zero-order valence-corrected chi connectivity index (χ0v) is 12.7. The fourth-order valence-corrected chi connectivity index (χ4v) is 2.71. The van der Waals surface area contributed by atoms with Gasteiger partial charge in [0, 0.05) is 16.4 Å². The Balaban J connectivity index is 2.90. The SMILES string of the molecule is CCC(CC)(CBr)NC(=O)c1ccc(F)c(Cl)c1. The summed E-state index contributed by atoms with van der Waals surface area (Å²) in [4.78, 5) is 12.1. The minimum absolute atomic E-state index is 0.0416. The number of nitrogens with one attached hydrogen (secondary N) is 1. The average Bonchev–Trinajstić information content (AvgIpc) is 2.39. The molecule has 0 saturated heterocycles. The molecule has 0 spiro atoms. The molecule has 100 valence electrons. The lowest BCUT2D eigenvalue weighted by Gasteiger charge is -2.30. The maximum atomic E-state index is 13.0. The first-order valence-electron chi connectivity index (χ1n) is 5.81. The second kappa shape index (κ2) is 6.53. The summed E-state index contributed by atoms with van der Waals surface area (Å²) < 4.78 is 13.0. The van der Waals surface area contributed by atoms with E-state index in [9.17, 15) is 9.18 Å². The van der Waals surface area contributed by atoms with E-state index in [4.69, 9.17) is 11.6 Å². The van der Waals surface area contributed by atoms with Gasteiger partial charge in [-0.15, -0.1) is 0 Å². The Kier molecular flexibility index (Phi) is 5.60. The van der Waals surface area contributed by atoms with Crippen LogP contribution >= 0.6 is 27.5 Å². The Labute approximate surface area is 120 Å². The van der Waals surface area contributed by atoms with Crippen LogP contribution in [-0.2, 0) is 0 Å². The Morgan fingerprint density at radius 1 is 1.44 bits per heavy atom. The Bertz CT molecular complexity index is 427. The summed E-state index contributed by atoms with van der Waals surface area (Å²) in [6, 6.07) is 3.97. The summed E-state index contributed by atoms with van der Waals surface area (Å²) in [7, 11) is 0. The van der Waals surface area contributed by atoms with Crippen LogP contribution in [0.2, 0.25) is 5.02 Å². The molecule has 1 N–H and O–H groups in total. The third-order valence-corrected chi connectivity index (χ3v) is 4.53. The van der Waals surface area contributed by atoms with Crippen LogP contribution in [0.4, 0.5) is 4.39 Å². The van der Waals surface area contributed by atoms with Crippen molar-refractivity contribution in [2.45, 2.75) is 32.2 Å². The Hall–Kier alpha value is -0.610. The zero-order chi connectivity index (χ0) is 13.8. The third kappa shape index (κ3) is 3.45. The minimum Gasteiger partial charge on any atom is -0.346 e. The van der Waals surface area contributed by atoms with E-state index >= 15 is 0 Å². The lowest BCUT2D eigenvalue weighted by molar-refractivity contribution is 0.0903. The molecule has 0 aliphatic carbocycles. The number of rotatable bonds is 5. The van der Waals surface area contributed by atoms with E-state index in [2.05, 4.69) is 21.2 Å². The normalized spacial score (nSPS) is 11.4. The van der Waals surface area contributed by atoms with Crippen molar-refractivity contribution in [3.8, 4) is 0 Å². The second-order valence-corrected chi connectivity index (χ2v) is 5.17. The van der Waals surface area contributed by atoms with Gasteiger partial charge in [-0.05, 0) is 31.0 Å². The molecule has 0 unspecified atom stereocenters. The summed E-state index contributed by atoms with van der Waals surface area (Å²) in [5.74, 6) is -0.758. The molecular formula is C13H16BrClFNO. The van der Waals surface area contributed by atoms with Crippen LogP contribution in [0.3, 0.4) is 0 Å². The van der Waals surface area contributed by atoms with E-state index in [-0.39, 0.29) is 16.5 Å². The molecule has 2 nitrogen and oxygen atoms in total. The van der Waals surface area contributed by atoms with Crippen molar-refractivity contribution in [2.24, 2.45) is 0 Å². The first-order valence-corrected chi connectivity index (χ1v) is 7.31. The molecule has 1 rings (SSSR count). The van der Waals surface area contributed by atoms with Crippen molar-refractivity contribution in [1.82, 2.24) is 5.32 Å². The molecule has 1 amide bonds. The highest BCUT2D eigenvalue weighted by Gasteiger charge is 2.27. The molecule has 0 atom stereocenters. The van der Waals surface area contributed by atoms with Crippen LogP contribution in [-0.4, -0.2) is 16.8 Å². The number of hydrogen-bond donors (Lipinski definition) is 1. The van der Waals surface area contributed by atoms with E-state index in [1.165, 1.54) is 18.2 Å². The second-order valence-electron chi connectivity index (χ2n) is 4.20. The summed E-state index contributed by atoms with van der Waals surface area (Å²) in [5, 5.41) is 3.61. The van der Waals surface area contributed by atoms with Crippen LogP contribution in [0.5, 0.6) is 0 Å². The molecule has 18 heavy (non-hydrogen) atoms. The van der Waals surface area contributed by atoms with Crippen molar-refractivity contribution >= 4 is 33.4 Å². The van der Waals surface area contributed by atoms with E-state index in [0.29, 0.717) is 10.9 Å². The average molecular weight is 337 g/mol. The molecule has 0 radical (unpaired) electrons. The van der Waals surface area contributed by atoms with E-state index in [1.54, 1.807) is 0 Å². The number of alkyl halides is 1. The molecule has 5 heteroatoms. The lowest BCUT2D eigenvalue weighted by Crippen LogP contribution is -2.49. The smallest absolute Gasteiger partial charge is 0.251 e. The third-order valence-electron chi connectivity index (χ3n) is 3.17. The van der Waals surface area contributed by atoms with E-state index in [0.717, 1.165) is 12.8 Å². The highest BCUT2D eigenvalue weighted by atomic mass is 79.9. The maximum absolute atomic E-state index is 13.0. The molecule has 1 aromatic rings. The van der Waals surface area contributed by atoms with Crippen LogP contribution in [0.25, 0.3) is 0 Å². The number of carbonyl (C=O) groups is 1. The van der Waals surface area contributed by atoms with Crippen LogP contribution in [0, 0.1) is 5.82 Å². The summed E-state index contributed by atoms with van der Waals surface area (Å²) in [6.45, 7) is 4.03. The molecule has 0 bridgehead atoms. The number of halogens is 3. The first kappa shape index (κ1) is 15.4. The molecule has 1 aromatic carbocycles. The number of hydrogen-bond acceptors (Lipinski definition) is 1. The first-order chi connectivity index (χ1) is 8.48. The van der Waals surface area contributed by atoms with Gasteiger partial charge in [0.05, 0.1) is 5.02 Å². The van der Waals surface area contributed by atoms with E-state index < -0.39 is 5.82 Å². The topological polar surface area (TPSA) is 29.1 Å². The van der Waals surface area contributed by atoms with Gasteiger partial charge in [0.2, 0.25) is 0 Å². The standard InChI is InChI=1S/C13H16BrClFNO/c1-3-13(4-2,8-14)17-12(18)9-5-6-11(16)10(15)7-9/h5-7H,3-4,8H2,1-2H3,(H,17,18). The highest BCUT2D eigenvalue weighted by Crippen LogP contribution is 2.20. The van der Waals surface area contributed by atoms with Crippen molar-refractivity contribution in [1.29, 1.82) is 0 Å². The van der Waals surface area contributed by atoms with Crippen molar-refractivity contribution in [2.75, 3.05) is 5.33 Å². The number of carbonyl (C=O) groups excluding carboxylic acids is 1. The Morgan fingerprint density at radius 2 is 2.06 bits per heavy atom. The molecule has 0 aliphatic heterocycles. The summed E-state index contributed by atoms with van der Waals surface area (Å²) in [6.07, 6.45) is 1.63. The maximum Gasteiger partial charge on any atom is 0.251 e. The summed E-state index contributed by atoms with van der Waals surface area (Å²) >= 11 is 9.09. The van der Waals surface area contributed by atoms with Crippen molar-refractivity contribution in [3.05, 3.63) is 34.6 Å². The van der Waals surface area contributed by atoms with Gasteiger partial charge in [0.1, 0.15) is 5.82 Å². The Morgan fingerprint density at radius 3 is 2.50 bits per heavy atom. The van der Waals surface area contributed by atoms with Gasteiger partial charge < -0.3 is 5.32 Å². The van der Waals surface area contributed by atoms with Gasteiger partial charge >= 0.3 is 0 Å². The highest BCUT2D eigenvalue weighted by molar-refractivity contribution is 9.09. The van der Waals surface area contributed by atoms with Crippen LogP contribution in [0.1, 0.15) is 37.0 Å². The lowest BCUT2D eigenvalue weighted by atomic mass is 9.95. The number of benzene rings is 1. The predicted octanol–water partition coefficient (Wildman–Crippen LogP) is 4.16. The molecule has 0 aromatic heterocycles. The van der Waals surface area contributed by atoms with Gasteiger partial charge in [-0.2, -0.15) is 0 Å². The minimum atomic E-state index is -0.522. The zero-order valence-electron chi connectivity index (χ0n) is 10.4. The van der Waals surface area contributed by atoms with Gasteiger partial charge in [-0.3, -0.25) is 4.79 Å². The fraction of sp³-hybridized carbons (Fsp3) is 0.462. The number of amides is 1. The van der Waals surface area contributed by atoms with Gasteiger partial charge in [0.15, 0.2) is 0 Å². The van der Waals surface area contributed by atoms with E-state index in [1.807, 2.05) is 13.8 Å². The van der Waals surface area contributed by atoms with Crippen molar-refractivity contribution < 1.29 is 9.18 Å². The fourth-order valence-electron chi connectivity index (χ4n) is 1.60. The largest absolute Gasteiger partial charge is 0.346 e. The molecule has 0 saturated carbocycles. The predicted molar refractivity (Wildman–Crippen MR) is 76.0 cm³/mol. The van der Waals surface area contributed by atoms with Gasteiger partial charge in [-0.1, -0.05) is 41.4 Å².